The summed E-state index contributed by atoms with van der Waals surface area (Å²) in [6.45, 7) is 3.12. The third kappa shape index (κ3) is 2.13. The Labute approximate surface area is 104 Å². The molecule has 1 aromatic rings. The van der Waals surface area contributed by atoms with E-state index in [0.717, 1.165) is 18.9 Å². The minimum Gasteiger partial charge on any atom is -0.370 e. The van der Waals surface area contributed by atoms with Gasteiger partial charge in [0, 0.05) is 6.42 Å². The van der Waals surface area contributed by atoms with Gasteiger partial charge in [0.15, 0.2) is 0 Å². The summed E-state index contributed by atoms with van der Waals surface area (Å²) in [5, 5.41) is 0. The third-order valence-electron chi connectivity index (χ3n) is 4.60. The smallest absolute Gasteiger partial charge is 0.0925 e. The summed E-state index contributed by atoms with van der Waals surface area (Å²) in [6, 6.07) is 9.22. The summed E-state index contributed by atoms with van der Waals surface area (Å²) >= 11 is 0. The Hall–Kier alpha value is -0.820. The van der Waals surface area contributed by atoms with Crippen LogP contribution in [0.2, 0.25) is 0 Å². The lowest BCUT2D eigenvalue weighted by Crippen LogP contribution is -2.37. The Morgan fingerprint density at radius 1 is 1.06 bits per heavy atom. The molecular weight excluding hydrogens is 208 g/mol. The molecule has 1 aromatic carbocycles. The summed E-state index contributed by atoms with van der Waals surface area (Å²) in [5.74, 6) is 0.813. The molecule has 0 aromatic heterocycles. The predicted molar refractivity (Wildman–Crippen MR) is 70.2 cm³/mol. The van der Waals surface area contributed by atoms with Gasteiger partial charge in [-0.15, -0.1) is 0 Å². The molecule has 0 spiro atoms. The molecule has 0 amide bonds. The molecule has 1 heteroatoms. The first kappa shape index (κ1) is 11.3. The molecule has 0 N–H and O–H groups in total. The Bertz CT molecular complexity index is 369. The van der Waals surface area contributed by atoms with Gasteiger partial charge in [0.25, 0.3) is 0 Å². The summed E-state index contributed by atoms with van der Waals surface area (Å²) < 4.78 is 5.69. The first-order valence-corrected chi connectivity index (χ1v) is 7.02. The van der Waals surface area contributed by atoms with Crippen molar-refractivity contribution in [3.05, 3.63) is 35.4 Å². The molecule has 0 radical (unpaired) electrons. The Morgan fingerprint density at radius 2 is 1.71 bits per heavy atom. The standard InChI is InChI=1S/C16H22O/c1-16(11-12-17-16)15-9-7-14(8-10-15)13-5-3-2-4-6-13/h7-10,13H,2-6,11-12H2,1H3. The van der Waals surface area contributed by atoms with Crippen molar-refractivity contribution in [3.8, 4) is 0 Å². The highest BCUT2D eigenvalue weighted by molar-refractivity contribution is 5.30. The van der Waals surface area contributed by atoms with Crippen molar-refractivity contribution in [2.75, 3.05) is 6.61 Å². The second-order valence-corrected chi connectivity index (χ2v) is 5.79. The van der Waals surface area contributed by atoms with Crippen LogP contribution in [0, 0.1) is 0 Å². The molecule has 1 nitrogen and oxygen atoms in total. The van der Waals surface area contributed by atoms with E-state index < -0.39 is 0 Å². The zero-order valence-corrected chi connectivity index (χ0v) is 10.7. The Morgan fingerprint density at radius 3 is 2.24 bits per heavy atom. The van der Waals surface area contributed by atoms with Gasteiger partial charge >= 0.3 is 0 Å². The molecule has 3 rings (SSSR count). The van der Waals surface area contributed by atoms with Crippen molar-refractivity contribution in [2.45, 2.75) is 57.0 Å². The lowest BCUT2D eigenvalue weighted by atomic mass is 9.82. The molecule has 2 aliphatic rings. The van der Waals surface area contributed by atoms with E-state index in [1.165, 1.54) is 43.2 Å². The molecular formula is C16H22O. The SMILES string of the molecule is CC1(c2ccc(C3CCCCC3)cc2)CCO1. The lowest BCUT2D eigenvalue weighted by Gasteiger charge is -2.39. The fraction of sp³-hybridized carbons (Fsp3) is 0.625. The highest BCUT2D eigenvalue weighted by Crippen LogP contribution is 2.38. The molecule has 1 unspecified atom stereocenters. The van der Waals surface area contributed by atoms with Crippen molar-refractivity contribution in [1.29, 1.82) is 0 Å². The van der Waals surface area contributed by atoms with Crippen LogP contribution in [-0.4, -0.2) is 6.61 Å². The highest BCUT2D eigenvalue weighted by atomic mass is 16.5. The van der Waals surface area contributed by atoms with Crippen LogP contribution >= 0.6 is 0 Å². The molecule has 1 saturated carbocycles. The van der Waals surface area contributed by atoms with Gasteiger partial charge in [-0.3, -0.25) is 0 Å². The van der Waals surface area contributed by atoms with Gasteiger partial charge < -0.3 is 4.74 Å². The number of ether oxygens (including phenoxy) is 1. The molecule has 1 saturated heterocycles. The average molecular weight is 230 g/mol. The van der Waals surface area contributed by atoms with Crippen LogP contribution in [-0.2, 0) is 10.3 Å². The minimum atomic E-state index is 0.00505. The number of hydrogen-bond donors (Lipinski definition) is 0. The van der Waals surface area contributed by atoms with E-state index in [2.05, 4.69) is 31.2 Å². The summed E-state index contributed by atoms with van der Waals surface area (Å²) in [4.78, 5) is 0. The molecule has 17 heavy (non-hydrogen) atoms. The highest BCUT2D eigenvalue weighted by Gasteiger charge is 2.34. The van der Waals surface area contributed by atoms with Crippen LogP contribution < -0.4 is 0 Å². The van der Waals surface area contributed by atoms with Crippen LogP contribution in [0.5, 0.6) is 0 Å². The van der Waals surface area contributed by atoms with Crippen LogP contribution in [0.25, 0.3) is 0 Å². The molecule has 2 fully saturated rings. The molecule has 1 aliphatic carbocycles. The summed E-state index contributed by atoms with van der Waals surface area (Å²) in [5.41, 5.74) is 2.89. The van der Waals surface area contributed by atoms with Crippen LogP contribution in [0.4, 0.5) is 0 Å². The van der Waals surface area contributed by atoms with Gasteiger partial charge in [-0.25, -0.2) is 0 Å². The largest absolute Gasteiger partial charge is 0.370 e. The fourth-order valence-corrected chi connectivity index (χ4v) is 3.18. The van der Waals surface area contributed by atoms with E-state index in [-0.39, 0.29) is 5.60 Å². The van der Waals surface area contributed by atoms with E-state index in [9.17, 15) is 0 Å². The second kappa shape index (κ2) is 4.45. The second-order valence-electron chi connectivity index (χ2n) is 5.79. The molecule has 1 atom stereocenters. The monoisotopic (exact) mass is 230 g/mol. The quantitative estimate of drug-likeness (QED) is 0.733. The summed E-state index contributed by atoms with van der Waals surface area (Å²) in [7, 11) is 0. The number of rotatable bonds is 2. The first-order valence-electron chi connectivity index (χ1n) is 7.02. The van der Waals surface area contributed by atoms with Crippen molar-refractivity contribution in [2.24, 2.45) is 0 Å². The topological polar surface area (TPSA) is 9.23 Å². The number of benzene rings is 1. The van der Waals surface area contributed by atoms with Gasteiger partial charge in [0.2, 0.25) is 0 Å². The van der Waals surface area contributed by atoms with E-state index in [1.54, 1.807) is 0 Å². The van der Waals surface area contributed by atoms with E-state index in [0.29, 0.717) is 0 Å². The van der Waals surface area contributed by atoms with Crippen LogP contribution in [0.1, 0.15) is 62.5 Å². The van der Waals surface area contributed by atoms with Crippen molar-refractivity contribution >= 4 is 0 Å². The van der Waals surface area contributed by atoms with Gasteiger partial charge in [-0.2, -0.15) is 0 Å². The molecule has 92 valence electrons. The maximum absolute atomic E-state index is 5.69. The van der Waals surface area contributed by atoms with E-state index in [4.69, 9.17) is 4.74 Å². The van der Waals surface area contributed by atoms with Crippen LogP contribution in [0.3, 0.4) is 0 Å². The molecule has 1 aliphatic heterocycles. The molecule has 1 heterocycles. The predicted octanol–water partition coefficient (Wildman–Crippen LogP) is 4.37. The maximum Gasteiger partial charge on any atom is 0.0925 e. The van der Waals surface area contributed by atoms with Crippen molar-refractivity contribution in [3.63, 3.8) is 0 Å². The zero-order valence-electron chi connectivity index (χ0n) is 10.7. The molecule has 0 bridgehead atoms. The third-order valence-corrected chi connectivity index (χ3v) is 4.60. The van der Waals surface area contributed by atoms with Gasteiger partial charge in [-0.05, 0) is 36.8 Å². The fourth-order valence-electron chi connectivity index (χ4n) is 3.18. The van der Waals surface area contributed by atoms with Crippen LogP contribution in [0.15, 0.2) is 24.3 Å². The minimum absolute atomic E-state index is 0.00505. The van der Waals surface area contributed by atoms with E-state index in [1.807, 2.05) is 0 Å². The Balaban J connectivity index is 1.75. The van der Waals surface area contributed by atoms with Gasteiger partial charge in [0.1, 0.15) is 0 Å². The normalized spacial score (nSPS) is 29.9. The summed E-state index contributed by atoms with van der Waals surface area (Å²) in [6.07, 6.45) is 8.18. The first-order chi connectivity index (χ1) is 8.28. The zero-order chi connectivity index (χ0) is 11.7. The van der Waals surface area contributed by atoms with Gasteiger partial charge in [-0.1, -0.05) is 43.5 Å². The lowest BCUT2D eigenvalue weighted by molar-refractivity contribution is -0.140. The van der Waals surface area contributed by atoms with Crippen molar-refractivity contribution in [1.82, 2.24) is 0 Å². The van der Waals surface area contributed by atoms with Gasteiger partial charge in [0.05, 0.1) is 12.2 Å². The van der Waals surface area contributed by atoms with E-state index >= 15 is 0 Å². The van der Waals surface area contributed by atoms with Crippen molar-refractivity contribution < 1.29 is 4.74 Å². The number of hydrogen-bond acceptors (Lipinski definition) is 1. The Kier molecular flexibility index (Phi) is 2.96. The maximum atomic E-state index is 5.69. The average Bonchev–Trinajstić information content (AvgIpc) is 2.37.